The highest BCUT2D eigenvalue weighted by molar-refractivity contribution is 4.57. The highest BCUT2D eigenvalue weighted by Gasteiger charge is 2.08. The van der Waals surface area contributed by atoms with Gasteiger partial charge in [0.15, 0.2) is 0 Å². The Morgan fingerprint density at radius 3 is 2.00 bits per heavy atom. The van der Waals surface area contributed by atoms with Crippen molar-refractivity contribution in [2.24, 2.45) is 11.8 Å². The summed E-state index contributed by atoms with van der Waals surface area (Å²) in [5.41, 5.74) is 0. The second-order valence-electron chi connectivity index (χ2n) is 3.65. The average Bonchev–Trinajstić information content (AvgIpc) is 1.86. The Bertz CT molecular complexity index is 89.6. The van der Waals surface area contributed by atoms with Crippen molar-refractivity contribution in [3.8, 4) is 0 Å². The predicted molar refractivity (Wildman–Crippen MR) is 46.5 cm³/mol. The van der Waals surface area contributed by atoms with E-state index in [0.29, 0.717) is 12.5 Å². The van der Waals surface area contributed by atoms with Gasteiger partial charge in [-0.2, -0.15) is 0 Å². The molecule has 0 rings (SSSR count). The zero-order valence-corrected chi connectivity index (χ0v) is 8.00. The molecule has 0 aliphatic carbocycles. The van der Waals surface area contributed by atoms with Gasteiger partial charge in [0, 0.05) is 12.5 Å². The van der Waals surface area contributed by atoms with Crippen LogP contribution in [0, 0.1) is 11.8 Å². The summed E-state index contributed by atoms with van der Waals surface area (Å²) in [4.78, 5) is 0. The second-order valence-corrected chi connectivity index (χ2v) is 3.65. The Kier molecular flexibility index (Phi) is 5.51. The summed E-state index contributed by atoms with van der Waals surface area (Å²) in [7, 11) is 0. The monoisotopic (exact) mass is 160 g/mol. The van der Waals surface area contributed by atoms with E-state index < -0.39 is 0 Å². The Balaban J connectivity index is 3.24. The van der Waals surface area contributed by atoms with Crippen LogP contribution in [0.5, 0.6) is 0 Å². The summed E-state index contributed by atoms with van der Waals surface area (Å²) in [6.45, 7) is 9.47. The topological polar surface area (TPSA) is 29.5 Å². The molecule has 0 bridgehead atoms. The molecule has 2 atom stereocenters. The molecule has 2 heteroatoms. The van der Waals surface area contributed by atoms with Crippen LogP contribution >= 0.6 is 0 Å². The first-order valence-corrected chi connectivity index (χ1v) is 4.29. The Morgan fingerprint density at radius 2 is 1.64 bits per heavy atom. The number of ether oxygens (including phenoxy) is 1. The first-order chi connectivity index (χ1) is 5.04. The number of hydrogen-bond donors (Lipinski definition) is 1. The number of aliphatic hydroxyl groups excluding tert-OH is 1. The van der Waals surface area contributed by atoms with E-state index in [1.165, 1.54) is 0 Å². The summed E-state index contributed by atoms with van der Waals surface area (Å²) in [6.07, 6.45) is -0.262. The molecule has 0 spiro atoms. The van der Waals surface area contributed by atoms with Crippen molar-refractivity contribution < 1.29 is 9.84 Å². The third kappa shape index (κ3) is 6.32. The van der Waals surface area contributed by atoms with Crippen LogP contribution in [0.1, 0.15) is 27.7 Å². The summed E-state index contributed by atoms with van der Waals surface area (Å²) in [6, 6.07) is 0. The molecule has 0 saturated heterocycles. The van der Waals surface area contributed by atoms with E-state index in [1.807, 2.05) is 6.92 Å². The number of hydrogen-bond acceptors (Lipinski definition) is 2. The lowest BCUT2D eigenvalue weighted by atomic mass is 10.1. The minimum absolute atomic E-state index is 0.244. The van der Waals surface area contributed by atoms with Crippen LogP contribution in [0.3, 0.4) is 0 Å². The van der Waals surface area contributed by atoms with Crippen molar-refractivity contribution in [2.45, 2.75) is 33.8 Å². The second kappa shape index (κ2) is 5.56. The van der Waals surface area contributed by atoms with Gasteiger partial charge in [0.25, 0.3) is 0 Å². The fourth-order valence-electron chi connectivity index (χ4n) is 0.629. The zero-order valence-electron chi connectivity index (χ0n) is 8.00. The molecule has 0 heterocycles. The van der Waals surface area contributed by atoms with Crippen molar-refractivity contribution in [3.05, 3.63) is 0 Å². The SMILES string of the molecule is CC(C)COCC(C)C(C)O. The predicted octanol–water partition coefficient (Wildman–Crippen LogP) is 1.68. The van der Waals surface area contributed by atoms with Crippen molar-refractivity contribution >= 4 is 0 Å². The normalized spacial score (nSPS) is 16.9. The first-order valence-electron chi connectivity index (χ1n) is 4.29. The minimum atomic E-state index is -0.262. The molecular formula is C9H20O2. The fourth-order valence-corrected chi connectivity index (χ4v) is 0.629. The van der Waals surface area contributed by atoms with Crippen LogP contribution in [0.2, 0.25) is 0 Å². The third-order valence-electron chi connectivity index (χ3n) is 1.66. The molecule has 0 aromatic rings. The van der Waals surface area contributed by atoms with Gasteiger partial charge in [0.2, 0.25) is 0 Å². The van der Waals surface area contributed by atoms with Crippen LogP contribution in [0.25, 0.3) is 0 Å². The molecule has 0 saturated carbocycles. The summed E-state index contributed by atoms with van der Waals surface area (Å²) < 4.78 is 5.36. The Labute approximate surface area is 69.6 Å². The van der Waals surface area contributed by atoms with Crippen molar-refractivity contribution in [1.82, 2.24) is 0 Å². The van der Waals surface area contributed by atoms with Crippen LogP contribution in [0.15, 0.2) is 0 Å². The van der Waals surface area contributed by atoms with Gasteiger partial charge in [-0.15, -0.1) is 0 Å². The van der Waals surface area contributed by atoms with Gasteiger partial charge >= 0.3 is 0 Å². The summed E-state index contributed by atoms with van der Waals surface area (Å²) >= 11 is 0. The number of rotatable bonds is 5. The zero-order chi connectivity index (χ0) is 8.85. The van der Waals surface area contributed by atoms with Gasteiger partial charge in [-0.05, 0) is 12.8 Å². The van der Waals surface area contributed by atoms with Gasteiger partial charge in [-0.1, -0.05) is 20.8 Å². The molecule has 2 unspecified atom stereocenters. The van der Waals surface area contributed by atoms with Crippen molar-refractivity contribution in [2.75, 3.05) is 13.2 Å². The summed E-state index contributed by atoms with van der Waals surface area (Å²) in [5, 5.41) is 9.11. The fraction of sp³-hybridized carbons (Fsp3) is 1.00. The van der Waals surface area contributed by atoms with Crippen LogP contribution in [-0.4, -0.2) is 24.4 Å². The average molecular weight is 160 g/mol. The van der Waals surface area contributed by atoms with Gasteiger partial charge in [0.1, 0.15) is 0 Å². The van der Waals surface area contributed by atoms with E-state index in [2.05, 4.69) is 13.8 Å². The smallest absolute Gasteiger partial charge is 0.0559 e. The highest BCUT2D eigenvalue weighted by atomic mass is 16.5. The van der Waals surface area contributed by atoms with Crippen molar-refractivity contribution in [1.29, 1.82) is 0 Å². The summed E-state index contributed by atoms with van der Waals surface area (Å²) in [5.74, 6) is 0.824. The van der Waals surface area contributed by atoms with E-state index >= 15 is 0 Å². The molecule has 11 heavy (non-hydrogen) atoms. The Morgan fingerprint density at radius 1 is 1.09 bits per heavy atom. The largest absolute Gasteiger partial charge is 0.393 e. The lowest BCUT2D eigenvalue weighted by Gasteiger charge is -2.15. The molecule has 0 fully saturated rings. The quantitative estimate of drug-likeness (QED) is 0.663. The van der Waals surface area contributed by atoms with Crippen LogP contribution in [0.4, 0.5) is 0 Å². The first kappa shape index (κ1) is 10.9. The maximum atomic E-state index is 9.11. The molecule has 0 aromatic carbocycles. The molecule has 0 amide bonds. The van der Waals surface area contributed by atoms with E-state index in [0.717, 1.165) is 6.61 Å². The Hall–Kier alpha value is -0.0800. The van der Waals surface area contributed by atoms with Crippen molar-refractivity contribution in [3.63, 3.8) is 0 Å². The van der Waals surface area contributed by atoms with Gasteiger partial charge in [-0.3, -0.25) is 0 Å². The molecule has 0 aliphatic heterocycles. The van der Waals surface area contributed by atoms with E-state index in [9.17, 15) is 0 Å². The molecule has 0 radical (unpaired) electrons. The van der Waals surface area contributed by atoms with Crippen LogP contribution < -0.4 is 0 Å². The standard InChI is InChI=1S/C9H20O2/c1-7(2)5-11-6-8(3)9(4)10/h7-10H,5-6H2,1-4H3. The van der Waals surface area contributed by atoms with E-state index in [1.54, 1.807) is 6.92 Å². The third-order valence-corrected chi connectivity index (χ3v) is 1.66. The van der Waals surface area contributed by atoms with E-state index in [4.69, 9.17) is 9.84 Å². The van der Waals surface area contributed by atoms with Crippen LogP contribution in [-0.2, 0) is 4.74 Å². The lowest BCUT2D eigenvalue weighted by molar-refractivity contribution is 0.0339. The van der Waals surface area contributed by atoms with Gasteiger partial charge in [0.05, 0.1) is 12.7 Å². The molecule has 1 N–H and O–H groups in total. The molecule has 0 aromatic heterocycles. The van der Waals surface area contributed by atoms with Gasteiger partial charge < -0.3 is 9.84 Å². The van der Waals surface area contributed by atoms with E-state index in [-0.39, 0.29) is 12.0 Å². The maximum Gasteiger partial charge on any atom is 0.0559 e. The minimum Gasteiger partial charge on any atom is -0.393 e. The van der Waals surface area contributed by atoms with Gasteiger partial charge in [-0.25, -0.2) is 0 Å². The number of aliphatic hydroxyl groups is 1. The highest BCUT2D eigenvalue weighted by Crippen LogP contribution is 2.03. The molecule has 0 aliphatic rings. The molecule has 68 valence electrons. The maximum absolute atomic E-state index is 9.11. The lowest BCUT2D eigenvalue weighted by Crippen LogP contribution is -2.20. The molecule has 2 nitrogen and oxygen atoms in total. The molecular weight excluding hydrogens is 140 g/mol.